The number of para-hydroxylation sites is 2. The molecule has 3 aromatic rings. The third-order valence-electron chi connectivity index (χ3n) is 6.99. The van der Waals surface area contributed by atoms with Crippen LogP contribution >= 0.6 is 0 Å². The van der Waals surface area contributed by atoms with E-state index in [-0.39, 0.29) is 37.0 Å². The molecule has 5 rings (SSSR count). The van der Waals surface area contributed by atoms with Gasteiger partial charge in [-0.05, 0) is 50.1 Å². The lowest BCUT2D eigenvalue weighted by Gasteiger charge is -2.37. The summed E-state index contributed by atoms with van der Waals surface area (Å²) >= 11 is 0. The van der Waals surface area contributed by atoms with Gasteiger partial charge in [-0.25, -0.2) is 4.79 Å². The Balaban J connectivity index is 1.18. The molecule has 1 fully saturated rings. The van der Waals surface area contributed by atoms with Crippen molar-refractivity contribution in [2.75, 3.05) is 32.8 Å². The molecule has 3 heterocycles. The van der Waals surface area contributed by atoms with Gasteiger partial charge >= 0.3 is 5.63 Å². The van der Waals surface area contributed by atoms with Crippen LogP contribution in [0.5, 0.6) is 17.2 Å². The molecule has 0 radical (unpaired) electrons. The monoisotopic (exact) mass is 492 g/mol. The number of carbonyl (C=O) groups excluding carboxylic acids is 2. The number of fused-ring (bicyclic) bond motifs is 2. The van der Waals surface area contributed by atoms with Crippen LogP contribution in [-0.2, 0) is 16.0 Å². The Kier molecular flexibility index (Phi) is 6.30. The Morgan fingerprint density at radius 2 is 1.67 bits per heavy atom. The second kappa shape index (κ2) is 9.56. The fraction of sp³-hybridized carbons (Fsp3) is 0.370. The zero-order valence-electron chi connectivity index (χ0n) is 20.3. The standard InChI is InChI=1S/C27H28N2O7/c1-16-18-7-9-20(30)17(2)25(18)36-27(33)19(16)8-10-24(31)28-11-13-29(14-12-28)26(32)23-15-34-21-5-3-4-6-22(21)35-23/h3-7,9,23,30H,8,10-15H2,1-2H3/t23-/m0/s1. The molecule has 0 unspecified atom stereocenters. The minimum Gasteiger partial charge on any atom is -0.508 e. The Bertz CT molecular complexity index is 1390. The fourth-order valence-corrected chi connectivity index (χ4v) is 4.78. The third kappa shape index (κ3) is 4.36. The maximum Gasteiger partial charge on any atom is 0.339 e. The van der Waals surface area contributed by atoms with Gasteiger partial charge in [0.1, 0.15) is 17.9 Å². The second-order valence-corrected chi connectivity index (χ2v) is 9.15. The van der Waals surface area contributed by atoms with Gasteiger partial charge in [0.2, 0.25) is 12.0 Å². The predicted molar refractivity (Wildman–Crippen MR) is 131 cm³/mol. The molecular formula is C27H28N2O7. The smallest absolute Gasteiger partial charge is 0.339 e. The van der Waals surface area contributed by atoms with Crippen molar-refractivity contribution in [1.82, 2.24) is 9.80 Å². The Hall–Kier alpha value is -4.01. The number of hydrogen-bond donors (Lipinski definition) is 1. The quantitative estimate of drug-likeness (QED) is 0.558. The SMILES string of the molecule is Cc1c(CCC(=O)N2CCN(C(=O)[C@@H]3COc4ccccc4O3)CC2)c(=O)oc2c(C)c(O)ccc12. The van der Waals surface area contributed by atoms with Crippen molar-refractivity contribution in [3.05, 3.63) is 63.5 Å². The van der Waals surface area contributed by atoms with Crippen LogP contribution in [0.2, 0.25) is 0 Å². The molecule has 2 aliphatic rings. The van der Waals surface area contributed by atoms with Gasteiger partial charge in [0, 0.05) is 49.1 Å². The lowest BCUT2D eigenvalue weighted by Crippen LogP contribution is -2.55. The summed E-state index contributed by atoms with van der Waals surface area (Å²) in [5.74, 6) is 1.02. The molecule has 1 N–H and O–H groups in total. The highest BCUT2D eigenvalue weighted by Crippen LogP contribution is 2.31. The van der Waals surface area contributed by atoms with Gasteiger partial charge in [0.25, 0.3) is 5.91 Å². The molecule has 1 saturated heterocycles. The molecule has 188 valence electrons. The number of hydrogen-bond acceptors (Lipinski definition) is 7. The summed E-state index contributed by atoms with van der Waals surface area (Å²) in [6, 6.07) is 10.5. The zero-order valence-corrected chi connectivity index (χ0v) is 20.3. The summed E-state index contributed by atoms with van der Waals surface area (Å²) in [5, 5.41) is 10.7. The van der Waals surface area contributed by atoms with E-state index in [1.54, 1.807) is 41.0 Å². The average Bonchev–Trinajstić information content (AvgIpc) is 2.90. The lowest BCUT2D eigenvalue weighted by atomic mass is 10.00. The minimum absolute atomic E-state index is 0.0676. The molecular weight excluding hydrogens is 464 g/mol. The van der Waals surface area contributed by atoms with Gasteiger partial charge in [0.05, 0.1) is 0 Å². The number of amides is 2. The number of carbonyl (C=O) groups is 2. The maximum absolute atomic E-state index is 12.9. The molecule has 0 bridgehead atoms. The number of nitrogens with zero attached hydrogens (tertiary/aromatic N) is 2. The molecule has 0 aliphatic carbocycles. The highest BCUT2D eigenvalue weighted by atomic mass is 16.6. The molecule has 9 nitrogen and oxygen atoms in total. The fourth-order valence-electron chi connectivity index (χ4n) is 4.78. The van der Waals surface area contributed by atoms with E-state index in [0.717, 1.165) is 10.9 Å². The topological polar surface area (TPSA) is 110 Å². The summed E-state index contributed by atoms with van der Waals surface area (Å²) in [7, 11) is 0. The largest absolute Gasteiger partial charge is 0.508 e. The van der Waals surface area contributed by atoms with E-state index < -0.39 is 11.7 Å². The van der Waals surface area contributed by atoms with E-state index in [0.29, 0.717) is 54.4 Å². The summed E-state index contributed by atoms with van der Waals surface area (Å²) in [6.07, 6.45) is -0.282. The Morgan fingerprint density at radius 1 is 0.972 bits per heavy atom. The molecule has 9 heteroatoms. The Morgan fingerprint density at radius 3 is 2.42 bits per heavy atom. The maximum atomic E-state index is 12.9. The van der Waals surface area contributed by atoms with Crippen LogP contribution in [0.4, 0.5) is 0 Å². The van der Waals surface area contributed by atoms with Crippen molar-refractivity contribution >= 4 is 22.8 Å². The normalized spacial score (nSPS) is 17.3. The number of phenols is 1. The minimum atomic E-state index is -0.706. The number of phenolic OH excluding ortho intramolecular Hbond substituents is 1. The highest BCUT2D eigenvalue weighted by Gasteiger charge is 2.33. The molecule has 36 heavy (non-hydrogen) atoms. The summed E-state index contributed by atoms with van der Waals surface area (Å²) in [4.78, 5) is 41.8. The number of aryl methyl sites for hydroxylation is 2. The van der Waals surface area contributed by atoms with Crippen molar-refractivity contribution < 1.29 is 28.6 Å². The molecule has 2 amide bonds. The third-order valence-corrected chi connectivity index (χ3v) is 6.99. The van der Waals surface area contributed by atoms with Gasteiger partial charge in [-0.1, -0.05) is 12.1 Å². The summed E-state index contributed by atoms with van der Waals surface area (Å²) in [6.45, 7) is 5.33. The first-order valence-electron chi connectivity index (χ1n) is 12.0. The van der Waals surface area contributed by atoms with Crippen molar-refractivity contribution in [1.29, 1.82) is 0 Å². The van der Waals surface area contributed by atoms with E-state index >= 15 is 0 Å². The van der Waals surface area contributed by atoms with Crippen LogP contribution in [0, 0.1) is 13.8 Å². The number of aromatic hydroxyl groups is 1. The molecule has 2 aromatic carbocycles. The van der Waals surface area contributed by atoms with Crippen molar-refractivity contribution in [3.8, 4) is 17.2 Å². The van der Waals surface area contributed by atoms with Crippen molar-refractivity contribution in [2.45, 2.75) is 32.8 Å². The molecule has 1 aromatic heterocycles. The first kappa shape index (κ1) is 23.7. The first-order valence-corrected chi connectivity index (χ1v) is 12.0. The van der Waals surface area contributed by atoms with Gasteiger partial charge in [-0.3, -0.25) is 9.59 Å². The van der Waals surface area contributed by atoms with Crippen LogP contribution < -0.4 is 15.1 Å². The summed E-state index contributed by atoms with van der Waals surface area (Å²) in [5.41, 5.74) is 1.60. The Labute approximate surface area is 207 Å². The van der Waals surface area contributed by atoms with Crippen molar-refractivity contribution in [3.63, 3.8) is 0 Å². The van der Waals surface area contributed by atoms with E-state index in [1.165, 1.54) is 0 Å². The van der Waals surface area contributed by atoms with Gasteiger partial charge < -0.3 is 28.8 Å². The zero-order chi connectivity index (χ0) is 25.4. The van der Waals surface area contributed by atoms with Crippen LogP contribution in [0.25, 0.3) is 11.0 Å². The molecule has 1 atom stereocenters. The predicted octanol–water partition coefficient (Wildman–Crippen LogP) is 2.56. The van der Waals surface area contributed by atoms with E-state index in [9.17, 15) is 19.5 Å². The van der Waals surface area contributed by atoms with Gasteiger partial charge in [-0.2, -0.15) is 0 Å². The van der Waals surface area contributed by atoms with Gasteiger partial charge in [0.15, 0.2) is 11.5 Å². The van der Waals surface area contributed by atoms with Crippen molar-refractivity contribution in [2.24, 2.45) is 0 Å². The van der Waals surface area contributed by atoms with Crippen LogP contribution in [-0.4, -0.2) is 65.6 Å². The summed E-state index contributed by atoms with van der Waals surface area (Å²) < 4.78 is 17.0. The molecule has 2 aliphatic heterocycles. The van der Waals surface area contributed by atoms with E-state index in [4.69, 9.17) is 13.9 Å². The molecule has 0 saturated carbocycles. The van der Waals surface area contributed by atoms with Crippen LogP contribution in [0.3, 0.4) is 0 Å². The number of piperazine rings is 1. The highest BCUT2D eigenvalue weighted by molar-refractivity contribution is 5.86. The van der Waals surface area contributed by atoms with E-state index in [2.05, 4.69) is 0 Å². The van der Waals surface area contributed by atoms with E-state index in [1.807, 2.05) is 19.1 Å². The average molecular weight is 493 g/mol. The number of rotatable bonds is 4. The van der Waals surface area contributed by atoms with Gasteiger partial charge in [-0.15, -0.1) is 0 Å². The first-order chi connectivity index (χ1) is 17.3. The second-order valence-electron chi connectivity index (χ2n) is 9.15. The number of ether oxygens (including phenoxy) is 2. The van der Waals surface area contributed by atoms with Crippen LogP contribution in [0.15, 0.2) is 45.6 Å². The van der Waals surface area contributed by atoms with Crippen LogP contribution in [0.1, 0.15) is 23.1 Å². The lowest BCUT2D eigenvalue weighted by molar-refractivity contribution is -0.146. The molecule has 0 spiro atoms. The number of benzene rings is 2.